The van der Waals surface area contributed by atoms with Gasteiger partial charge in [0.25, 0.3) is 0 Å². The van der Waals surface area contributed by atoms with Gasteiger partial charge in [-0.05, 0) is 42.8 Å². The first-order valence-corrected chi connectivity index (χ1v) is 11.1. The number of aryl methyl sites for hydroxylation is 1. The van der Waals surface area contributed by atoms with Gasteiger partial charge in [0.15, 0.2) is 5.75 Å². The standard InChI is InChI=1S/C28H27N3O3/c1-19-12-13-24(27(30-19)20-8-5-4-6-9-20)34-23-14-15-29-25(17-23)31-22-11-7-10-21(16-22)28(2,3)18-26(32)33/h4-17H,18H2,1-3H3,(H,29,31)(H,32,33). The molecule has 0 atom stereocenters. The van der Waals surface area contributed by atoms with Crippen LogP contribution in [0, 0.1) is 6.92 Å². The molecule has 0 saturated heterocycles. The number of hydrogen-bond acceptors (Lipinski definition) is 5. The van der Waals surface area contributed by atoms with Gasteiger partial charge in [0.05, 0.1) is 6.42 Å². The molecule has 0 aliphatic heterocycles. The molecular weight excluding hydrogens is 426 g/mol. The van der Waals surface area contributed by atoms with Gasteiger partial charge >= 0.3 is 5.97 Å². The van der Waals surface area contributed by atoms with E-state index in [0.29, 0.717) is 17.3 Å². The van der Waals surface area contributed by atoms with Crippen LogP contribution in [-0.2, 0) is 10.2 Å². The van der Waals surface area contributed by atoms with Crippen molar-refractivity contribution in [2.24, 2.45) is 0 Å². The minimum Gasteiger partial charge on any atom is -0.481 e. The summed E-state index contributed by atoms with van der Waals surface area (Å²) in [4.78, 5) is 20.3. The van der Waals surface area contributed by atoms with Crippen molar-refractivity contribution >= 4 is 17.5 Å². The first-order valence-electron chi connectivity index (χ1n) is 11.1. The van der Waals surface area contributed by atoms with Crippen LogP contribution in [0.1, 0.15) is 31.5 Å². The highest BCUT2D eigenvalue weighted by Crippen LogP contribution is 2.33. The van der Waals surface area contributed by atoms with E-state index in [-0.39, 0.29) is 6.42 Å². The molecular formula is C28H27N3O3. The van der Waals surface area contributed by atoms with Crippen molar-refractivity contribution in [2.45, 2.75) is 32.6 Å². The largest absolute Gasteiger partial charge is 0.481 e. The van der Waals surface area contributed by atoms with E-state index in [2.05, 4.69) is 15.3 Å². The smallest absolute Gasteiger partial charge is 0.304 e. The van der Waals surface area contributed by atoms with Crippen LogP contribution in [0.2, 0.25) is 0 Å². The molecule has 0 aliphatic carbocycles. The van der Waals surface area contributed by atoms with E-state index in [9.17, 15) is 9.90 Å². The lowest BCUT2D eigenvalue weighted by Crippen LogP contribution is -2.21. The zero-order valence-electron chi connectivity index (χ0n) is 19.4. The molecule has 6 heteroatoms. The summed E-state index contributed by atoms with van der Waals surface area (Å²) in [5.74, 6) is 1.08. The van der Waals surface area contributed by atoms with Gasteiger partial charge in [-0.3, -0.25) is 4.79 Å². The summed E-state index contributed by atoms with van der Waals surface area (Å²) in [6.07, 6.45) is 1.73. The SMILES string of the molecule is Cc1ccc(Oc2ccnc(Nc3cccc(C(C)(C)CC(=O)O)c3)c2)c(-c2ccccc2)n1. The van der Waals surface area contributed by atoms with E-state index >= 15 is 0 Å². The van der Waals surface area contributed by atoms with Crippen LogP contribution in [0.5, 0.6) is 11.5 Å². The first kappa shape index (κ1) is 23.0. The maximum atomic E-state index is 11.2. The second-order valence-corrected chi connectivity index (χ2v) is 8.80. The van der Waals surface area contributed by atoms with Gasteiger partial charge in [-0.25, -0.2) is 9.97 Å². The van der Waals surface area contributed by atoms with E-state index < -0.39 is 11.4 Å². The van der Waals surface area contributed by atoms with Crippen LogP contribution in [-0.4, -0.2) is 21.0 Å². The number of carboxylic acid groups (broad SMARTS) is 1. The highest BCUT2D eigenvalue weighted by atomic mass is 16.5. The summed E-state index contributed by atoms with van der Waals surface area (Å²) in [5.41, 5.74) is 3.94. The zero-order chi connectivity index (χ0) is 24.1. The highest BCUT2D eigenvalue weighted by Gasteiger charge is 2.24. The van der Waals surface area contributed by atoms with Crippen molar-refractivity contribution < 1.29 is 14.6 Å². The average Bonchev–Trinajstić information content (AvgIpc) is 2.80. The van der Waals surface area contributed by atoms with Gasteiger partial charge in [0.1, 0.15) is 17.3 Å². The molecule has 2 heterocycles. The number of rotatable bonds is 8. The van der Waals surface area contributed by atoms with E-state index in [1.807, 2.05) is 93.6 Å². The molecule has 4 rings (SSSR count). The van der Waals surface area contributed by atoms with Crippen LogP contribution < -0.4 is 10.1 Å². The summed E-state index contributed by atoms with van der Waals surface area (Å²) >= 11 is 0. The Hall–Kier alpha value is -4.19. The molecule has 0 unspecified atom stereocenters. The summed E-state index contributed by atoms with van der Waals surface area (Å²) in [6, 6.07) is 25.1. The molecule has 4 aromatic rings. The lowest BCUT2D eigenvalue weighted by molar-refractivity contribution is -0.138. The number of carboxylic acids is 1. The number of aliphatic carboxylic acids is 1. The zero-order valence-corrected chi connectivity index (χ0v) is 19.4. The van der Waals surface area contributed by atoms with Crippen LogP contribution in [0.25, 0.3) is 11.3 Å². The Bertz CT molecular complexity index is 1300. The Kier molecular flexibility index (Phi) is 6.59. The number of anilines is 2. The molecule has 0 bridgehead atoms. The summed E-state index contributed by atoms with van der Waals surface area (Å²) in [7, 11) is 0. The van der Waals surface area contributed by atoms with Crippen molar-refractivity contribution in [2.75, 3.05) is 5.32 Å². The number of pyridine rings is 2. The predicted octanol–water partition coefficient (Wildman–Crippen LogP) is 6.74. The van der Waals surface area contributed by atoms with Gasteiger partial charge in [-0.1, -0.05) is 56.3 Å². The topological polar surface area (TPSA) is 84.3 Å². The molecule has 0 amide bonds. The van der Waals surface area contributed by atoms with Crippen LogP contribution in [0.4, 0.5) is 11.5 Å². The van der Waals surface area contributed by atoms with Gasteiger partial charge in [-0.2, -0.15) is 0 Å². The number of aromatic nitrogens is 2. The number of hydrogen-bond donors (Lipinski definition) is 2. The lowest BCUT2D eigenvalue weighted by atomic mass is 9.81. The van der Waals surface area contributed by atoms with E-state index in [0.717, 1.165) is 28.2 Å². The number of carbonyl (C=O) groups is 1. The van der Waals surface area contributed by atoms with Crippen LogP contribution in [0.3, 0.4) is 0 Å². The third-order valence-corrected chi connectivity index (χ3v) is 5.51. The summed E-state index contributed by atoms with van der Waals surface area (Å²) in [6.45, 7) is 5.80. The fourth-order valence-corrected chi connectivity index (χ4v) is 3.75. The molecule has 0 saturated carbocycles. The van der Waals surface area contributed by atoms with Crippen molar-refractivity contribution in [1.29, 1.82) is 0 Å². The van der Waals surface area contributed by atoms with Crippen molar-refractivity contribution in [3.8, 4) is 22.8 Å². The molecule has 0 spiro atoms. The Morgan fingerprint density at radius 3 is 2.56 bits per heavy atom. The minimum absolute atomic E-state index is 0.0480. The summed E-state index contributed by atoms with van der Waals surface area (Å²) in [5, 5.41) is 12.5. The number of nitrogens with zero attached hydrogens (tertiary/aromatic N) is 2. The van der Waals surface area contributed by atoms with Gasteiger partial charge < -0.3 is 15.2 Å². The molecule has 172 valence electrons. The highest BCUT2D eigenvalue weighted by molar-refractivity contribution is 5.69. The maximum absolute atomic E-state index is 11.2. The van der Waals surface area contributed by atoms with Crippen molar-refractivity contribution in [3.63, 3.8) is 0 Å². The Labute approximate surface area is 199 Å². The quantitative estimate of drug-likeness (QED) is 0.307. The molecule has 6 nitrogen and oxygen atoms in total. The van der Waals surface area contributed by atoms with Gasteiger partial charge in [0, 0.05) is 34.6 Å². The maximum Gasteiger partial charge on any atom is 0.304 e. The molecule has 2 aromatic carbocycles. The second kappa shape index (κ2) is 9.75. The number of benzene rings is 2. The first-order chi connectivity index (χ1) is 16.3. The van der Waals surface area contributed by atoms with E-state index in [4.69, 9.17) is 4.74 Å². The van der Waals surface area contributed by atoms with Gasteiger partial charge in [-0.15, -0.1) is 0 Å². The minimum atomic E-state index is -0.824. The average molecular weight is 454 g/mol. The van der Waals surface area contributed by atoms with E-state index in [1.165, 1.54) is 0 Å². The van der Waals surface area contributed by atoms with Crippen molar-refractivity contribution in [3.05, 3.63) is 96.3 Å². The summed E-state index contributed by atoms with van der Waals surface area (Å²) < 4.78 is 6.21. The lowest BCUT2D eigenvalue weighted by Gasteiger charge is -2.23. The van der Waals surface area contributed by atoms with Crippen LogP contribution in [0.15, 0.2) is 85.1 Å². The third kappa shape index (κ3) is 5.59. The number of nitrogens with one attached hydrogen (secondary N) is 1. The van der Waals surface area contributed by atoms with Crippen molar-refractivity contribution in [1.82, 2.24) is 9.97 Å². The number of ether oxygens (including phenoxy) is 1. The molecule has 0 fully saturated rings. The molecule has 0 radical (unpaired) electrons. The normalized spacial score (nSPS) is 11.1. The fourth-order valence-electron chi connectivity index (χ4n) is 3.75. The Morgan fingerprint density at radius 1 is 1.00 bits per heavy atom. The fraction of sp³-hybridized carbons (Fsp3) is 0.179. The molecule has 0 aliphatic rings. The van der Waals surface area contributed by atoms with E-state index in [1.54, 1.807) is 12.3 Å². The second-order valence-electron chi connectivity index (χ2n) is 8.80. The van der Waals surface area contributed by atoms with Gasteiger partial charge in [0.2, 0.25) is 0 Å². The monoisotopic (exact) mass is 453 g/mol. The Balaban J connectivity index is 1.57. The molecule has 34 heavy (non-hydrogen) atoms. The molecule has 2 aromatic heterocycles. The van der Waals surface area contributed by atoms with Crippen LogP contribution >= 0.6 is 0 Å². The molecule has 2 N–H and O–H groups in total. The third-order valence-electron chi connectivity index (χ3n) is 5.51. The predicted molar refractivity (Wildman–Crippen MR) is 134 cm³/mol. The Morgan fingerprint density at radius 2 is 1.79 bits per heavy atom.